The summed E-state index contributed by atoms with van der Waals surface area (Å²) in [6, 6.07) is 0. The summed E-state index contributed by atoms with van der Waals surface area (Å²) in [5.74, 6) is -0.323. The molecule has 1 unspecified atom stereocenters. The number of esters is 1. The van der Waals surface area contributed by atoms with Gasteiger partial charge in [0.05, 0.1) is 25.4 Å². The first-order valence-electron chi connectivity index (χ1n) is 5.69. The van der Waals surface area contributed by atoms with Crippen molar-refractivity contribution in [3.8, 4) is 0 Å². The predicted molar refractivity (Wildman–Crippen MR) is 58.7 cm³/mol. The smallest absolute Gasteiger partial charge is 0.309 e. The fourth-order valence-corrected chi connectivity index (χ4v) is 1.71. The van der Waals surface area contributed by atoms with Crippen molar-refractivity contribution in [1.29, 1.82) is 0 Å². The van der Waals surface area contributed by atoms with E-state index in [-0.39, 0.29) is 17.7 Å². The number of carbonyl (C=O) groups is 2. The summed E-state index contributed by atoms with van der Waals surface area (Å²) >= 11 is 0. The van der Waals surface area contributed by atoms with Crippen LogP contribution in [0.4, 0.5) is 0 Å². The fraction of sp³-hybridized carbons (Fsp3) is 0.667. The number of hydrogen-bond donors (Lipinski definition) is 0. The van der Waals surface area contributed by atoms with Crippen LogP contribution in [-0.2, 0) is 19.1 Å². The van der Waals surface area contributed by atoms with E-state index in [1.54, 1.807) is 6.92 Å². The Morgan fingerprint density at radius 1 is 1.44 bits per heavy atom. The van der Waals surface area contributed by atoms with E-state index in [1.807, 2.05) is 6.92 Å². The number of ketones is 1. The number of hydrogen-bond acceptors (Lipinski definition) is 4. The molecule has 0 saturated heterocycles. The number of allylic oxidation sites excluding steroid dienone is 1. The molecule has 0 aromatic heterocycles. The van der Waals surface area contributed by atoms with Gasteiger partial charge in [0.15, 0.2) is 5.78 Å². The molecule has 1 atom stereocenters. The molecule has 4 nitrogen and oxygen atoms in total. The van der Waals surface area contributed by atoms with Gasteiger partial charge in [-0.3, -0.25) is 9.59 Å². The van der Waals surface area contributed by atoms with Gasteiger partial charge in [-0.2, -0.15) is 0 Å². The first-order chi connectivity index (χ1) is 7.69. The average molecular weight is 226 g/mol. The van der Waals surface area contributed by atoms with Crippen molar-refractivity contribution in [3.05, 3.63) is 11.8 Å². The second kappa shape index (κ2) is 6.30. The molecule has 1 saturated carbocycles. The summed E-state index contributed by atoms with van der Waals surface area (Å²) in [5.41, 5.74) is 0.603. The second-order valence-corrected chi connectivity index (χ2v) is 3.71. The van der Waals surface area contributed by atoms with E-state index in [2.05, 4.69) is 0 Å². The summed E-state index contributed by atoms with van der Waals surface area (Å²) < 4.78 is 10.0. The van der Waals surface area contributed by atoms with E-state index in [0.29, 0.717) is 38.0 Å². The maximum atomic E-state index is 11.5. The third-order valence-corrected chi connectivity index (χ3v) is 2.56. The van der Waals surface area contributed by atoms with Crippen molar-refractivity contribution < 1.29 is 19.1 Å². The van der Waals surface area contributed by atoms with Crippen LogP contribution in [0.5, 0.6) is 0 Å². The zero-order chi connectivity index (χ0) is 12.0. The third-order valence-electron chi connectivity index (χ3n) is 2.56. The highest BCUT2D eigenvalue weighted by atomic mass is 16.5. The summed E-state index contributed by atoms with van der Waals surface area (Å²) in [6.45, 7) is 4.55. The van der Waals surface area contributed by atoms with Gasteiger partial charge in [0, 0.05) is 12.0 Å². The van der Waals surface area contributed by atoms with Crippen molar-refractivity contribution in [2.24, 2.45) is 5.92 Å². The van der Waals surface area contributed by atoms with Gasteiger partial charge in [0.2, 0.25) is 0 Å². The normalized spacial score (nSPS) is 23.2. The Hall–Kier alpha value is -1.32. The van der Waals surface area contributed by atoms with Crippen LogP contribution in [0.15, 0.2) is 11.8 Å². The van der Waals surface area contributed by atoms with Gasteiger partial charge in [0.25, 0.3) is 0 Å². The first kappa shape index (κ1) is 12.7. The molecule has 0 heterocycles. The molecule has 0 amide bonds. The van der Waals surface area contributed by atoms with Gasteiger partial charge >= 0.3 is 5.97 Å². The molecule has 90 valence electrons. The molecule has 1 fully saturated rings. The van der Waals surface area contributed by atoms with Gasteiger partial charge in [0.1, 0.15) is 0 Å². The highest BCUT2D eigenvalue weighted by Crippen LogP contribution is 2.27. The number of Topliss-reactive ketones (excluding diaryl/α,β-unsaturated/α-hetero) is 1. The zero-order valence-corrected chi connectivity index (χ0v) is 9.82. The van der Waals surface area contributed by atoms with Crippen LogP contribution in [0.25, 0.3) is 0 Å². The van der Waals surface area contributed by atoms with E-state index in [9.17, 15) is 9.59 Å². The Bertz CT molecular complexity index is 293. The molecule has 0 bridgehead atoms. The van der Waals surface area contributed by atoms with Crippen molar-refractivity contribution >= 4 is 11.8 Å². The Labute approximate surface area is 95.6 Å². The van der Waals surface area contributed by atoms with Crippen LogP contribution < -0.4 is 0 Å². The fourth-order valence-electron chi connectivity index (χ4n) is 1.71. The van der Waals surface area contributed by atoms with Crippen molar-refractivity contribution in [2.75, 3.05) is 13.2 Å². The minimum Gasteiger partial charge on any atom is -0.501 e. The van der Waals surface area contributed by atoms with Gasteiger partial charge in [-0.1, -0.05) is 0 Å². The van der Waals surface area contributed by atoms with Crippen LogP contribution in [0.3, 0.4) is 0 Å². The molecule has 1 aliphatic rings. The molecule has 0 aliphatic heterocycles. The van der Waals surface area contributed by atoms with Crippen LogP contribution in [0, 0.1) is 5.92 Å². The lowest BCUT2D eigenvalue weighted by atomic mass is 9.85. The monoisotopic (exact) mass is 226 g/mol. The van der Waals surface area contributed by atoms with Crippen LogP contribution in [0.2, 0.25) is 0 Å². The molecule has 1 rings (SSSR count). The van der Waals surface area contributed by atoms with E-state index < -0.39 is 0 Å². The van der Waals surface area contributed by atoms with E-state index in [4.69, 9.17) is 9.47 Å². The summed E-state index contributed by atoms with van der Waals surface area (Å²) in [7, 11) is 0. The Morgan fingerprint density at radius 3 is 2.81 bits per heavy atom. The number of ether oxygens (including phenoxy) is 2. The molecule has 0 radical (unpaired) electrons. The van der Waals surface area contributed by atoms with Gasteiger partial charge in [-0.15, -0.1) is 0 Å². The highest BCUT2D eigenvalue weighted by Gasteiger charge is 2.29. The maximum Gasteiger partial charge on any atom is 0.309 e. The van der Waals surface area contributed by atoms with Crippen LogP contribution >= 0.6 is 0 Å². The standard InChI is InChI=1S/C12H18O4/c1-3-15-8-10-7-9(5-6-11(10)13)12(14)16-4-2/h8-9H,3-7H2,1-2H3/b10-8-. The molecule has 4 heteroatoms. The first-order valence-corrected chi connectivity index (χ1v) is 5.69. The predicted octanol–water partition coefficient (Wildman–Crippen LogP) is 1.84. The third kappa shape index (κ3) is 3.36. The highest BCUT2D eigenvalue weighted by molar-refractivity contribution is 5.97. The largest absolute Gasteiger partial charge is 0.501 e. The minimum absolute atomic E-state index is 0.0778. The Balaban J connectivity index is 2.60. The lowest BCUT2D eigenvalue weighted by molar-refractivity contribution is -0.148. The summed E-state index contributed by atoms with van der Waals surface area (Å²) in [6.07, 6.45) is 2.91. The van der Waals surface area contributed by atoms with Gasteiger partial charge < -0.3 is 9.47 Å². The van der Waals surface area contributed by atoms with E-state index >= 15 is 0 Å². The molecule has 1 aliphatic carbocycles. The lowest BCUT2D eigenvalue weighted by Gasteiger charge is -2.21. The van der Waals surface area contributed by atoms with Crippen LogP contribution in [0.1, 0.15) is 33.1 Å². The van der Waals surface area contributed by atoms with Crippen molar-refractivity contribution in [2.45, 2.75) is 33.1 Å². The Kier molecular flexibility index (Phi) is 5.02. The van der Waals surface area contributed by atoms with Gasteiger partial charge in [-0.25, -0.2) is 0 Å². The van der Waals surface area contributed by atoms with Crippen LogP contribution in [-0.4, -0.2) is 25.0 Å². The van der Waals surface area contributed by atoms with E-state index in [1.165, 1.54) is 6.26 Å². The SMILES string of the molecule is CCO/C=C1/CC(C(=O)OCC)CCC1=O. The molecular weight excluding hydrogens is 208 g/mol. The molecule has 0 aromatic carbocycles. The minimum atomic E-state index is -0.211. The molecule has 0 spiro atoms. The zero-order valence-electron chi connectivity index (χ0n) is 9.82. The summed E-state index contributed by atoms with van der Waals surface area (Å²) in [5, 5.41) is 0. The van der Waals surface area contributed by atoms with Crippen molar-refractivity contribution in [3.63, 3.8) is 0 Å². The number of carbonyl (C=O) groups excluding carboxylic acids is 2. The van der Waals surface area contributed by atoms with Gasteiger partial charge in [-0.05, 0) is 26.7 Å². The molecule has 16 heavy (non-hydrogen) atoms. The second-order valence-electron chi connectivity index (χ2n) is 3.71. The molecular formula is C12H18O4. The molecule has 0 N–H and O–H groups in total. The quantitative estimate of drug-likeness (QED) is 0.417. The van der Waals surface area contributed by atoms with E-state index in [0.717, 1.165) is 0 Å². The molecule has 0 aromatic rings. The Morgan fingerprint density at radius 2 is 2.19 bits per heavy atom. The lowest BCUT2D eigenvalue weighted by Crippen LogP contribution is -2.25. The maximum absolute atomic E-state index is 11.5. The average Bonchev–Trinajstić information content (AvgIpc) is 2.28. The topological polar surface area (TPSA) is 52.6 Å². The summed E-state index contributed by atoms with van der Waals surface area (Å²) in [4.78, 5) is 23.0. The number of rotatable bonds is 4. The van der Waals surface area contributed by atoms with Crippen molar-refractivity contribution in [1.82, 2.24) is 0 Å².